The number of pyridine rings is 1. The lowest BCUT2D eigenvalue weighted by atomic mass is 10.0. The lowest BCUT2D eigenvalue weighted by Gasteiger charge is -2.35. The van der Waals surface area contributed by atoms with Gasteiger partial charge in [0.1, 0.15) is 12.4 Å². The van der Waals surface area contributed by atoms with Crippen LogP contribution in [0.3, 0.4) is 0 Å². The molecular formula is C27H39N5O4. The second kappa shape index (κ2) is 12.7. The molecule has 0 fully saturated rings. The predicted molar refractivity (Wildman–Crippen MR) is 140 cm³/mol. The second-order valence-electron chi connectivity index (χ2n) is 9.81. The van der Waals surface area contributed by atoms with E-state index in [0.29, 0.717) is 36.7 Å². The van der Waals surface area contributed by atoms with Crippen LogP contribution in [0.2, 0.25) is 0 Å². The summed E-state index contributed by atoms with van der Waals surface area (Å²) in [5.41, 5.74) is 1.97. The number of benzene rings is 1. The van der Waals surface area contributed by atoms with E-state index in [0.717, 1.165) is 12.2 Å². The monoisotopic (exact) mass is 497 g/mol. The van der Waals surface area contributed by atoms with E-state index in [1.54, 1.807) is 43.5 Å². The van der Waals surface area contributed by atoms with Gasteiger partial charge in [0.25, 0.3) is 5.91 Å². The largest absolute Gasteiger partial charge is 0.491 e. The highest BCUT2D eigenvalue weighted by Gasteiger charge is 2.28. The van der Waals surface area contributed by atoms with Crippen LogP contribution in [0.15, 0.2) is 42.6 Å². The van der Waals surface area contributed by atoms with Crippen LogP contribution >= 0.6 is 0 Å². The molecule has 0 saturated heterocycles. The first-order valence-corrected chi connectivity index (χ1v) is 12.4. The Labute approximate surface area is 214 Å². The molecule has 2 heterocycles. The zero-order chi connectivity index (χ0) is 26.2. The number of nitrogens with one attached hydrogen (secondary N) is 2. The summed E-state index contributed by atoms with van der Waals surface area (Å²) >= 11 is 0. The maximum absolute atomic E-state index is 13.4. The molecule has 196 valence electrons. The number of ether oxygens (including phenoxy) is 2. The van der Waals surface area contributed by atoms with Gasteiger partial charge >= 0.3 is 6.03 Å². The molecule has 3 atom stereocenters. The maximum atomic E-state index is 13.4. The van der Waals surface area contributed by atoms with Crippen molar-refractivity contribution in [1.82, 2.24) is 20.1 Å². The van der Waals surface area contributed by atoms with E-state index in [-0.39, 0.29) is 36.0 Å². The molecular weight excluding hydrogens is 458 g/mol. The van der Waals surface area contributed by atoms with E-state index in [9.17, 15) is 9.59 Å². The summed E-state index contributed by atoms with van der Waals surface area (Å²) in [6, 6.07) is 10.8. The minimum absolute atomic E-state index is 0.00261. The average molecular weight is 498 g/mol. The Bertz CT molecular complexity index is 1020. The highest BCUT2D eigenvalue weighted by Crippen LogP contribution is 2.27. The molecule has 2 N–H and O–H groups in total. The summed E-state index contributed by atoms with van der Waals surface area (Å²) in [7, 11) is 3.46. The molecule has 9 nitrogen and oxygen atoms in total. The van der Waals surface area contributed by atoms with Crippen LogP contribution in [0.25, 0.3) is 0 Å². The van der Waals surface area contributed by atoms with Crippen LogP contribution in [0.5, 0.6) is 5.75 Å². The minimum atomic E-state index is -0.312. The zero-order valence-electron chi connectivity index (χ0n) is 22.2. The summed E-state index contributed by atoms with van der Waals surface area (Å²) < 4.78 is 12.1. The molecule has 0 spiro atoms. The maximum Gasteiger partial charge on any atom is 0.319 e. The SMILES string of the molecule is CO[C@H]1CN(C)C(=O)c2ccc(NC(=O)NC(C)C)cc2OC[C@@H](C)N(Cc2ccccn2)C[C@H]1C. The van der Waals surface area contributed by atoms with Crippen LogP contribution in [0, 0.1) is 5.92 Å². The first-order chi connectivity index (χ1) is 17.2. The van der Waals surface area contributed by atoms with Gasteiger partial charge in [-0.3, -0.25) is 14.7 Å². The van der Waals surface area contributed by atoms with Gasteiger partial charge in [-0.1, -0.05) is 13.0 Å². The third kappa shape index (κ3) is 7.41. The molecule has 0 unspecified atom stereocenters. The quantitative estimate of drug-likeness (QED) is 0.655. The number of anilines is 1. The number of likely N-dealkylation sites (N-methyl/N-ethyl adjacent to an activating group) is 1. The number of aromatic nitrogens is 1. The molecule has 1 aliphatic rings. The molecule has 0 bridgehead atoms. The van der Waals surface area contributed by atoms with Crippen molar-refractivity contribution in [2.75, 3.05) is 39.2 Å². The number of amides is 3. The number of urea groups is 1. The number of hydrogen-bond acceptors (Lipinski definition) is 6. The lowest BCUT2D eigenvalue weighted by Crippen LogP contribution is -2.46. The van der Waals surface area contributed by atoms with E-state index in [4.69, 9.17) is 9.47 Å². The Balaban J connectivity index is 1.91. The smallest absolute Gasteiger partial charge is 0.319 e. The van der Waals surface area contributed by atoms with Crippen LogP contribution in [0.4, 0.5) is 10.5 Å². The van der Waals surface area contributed by atoms with Gasteiger partial charge in [0, 0.05) is 63.8 Å². The van der Waals surface area contributed by atoms with E-state index in [1.165, 1.54) is 0 Å². The van der Waals surface area contributed by atoms with E-state index >= 15 is 0 Å². The fourth-order valence-electron chi connectivity index (χ4n) is 4.27. The molecule has 1 aromatic heterocycles. The minimum Gasteiger partial charge on any atom is -0.491 e. The lowest BCUT2D eigenvalue weighted by molar-refractivity contribution is 0.00901. The summed E-state index contributed by atoms with van der Waals surface area (Å²) in [5, 5.41) is 5.62. The van der Waals surface area contributed by atoms with Crippen molar-refractivity contribution < 1.29 is 19.1 Å². The highest BCUT2D eigenvalue weighted by atomic mass is 16.5. The van der Waals surface area contributed by atoms with Crippen LogP contribution in [0.1, 0.15) is 43.7 Å². The van der Waals surface area contributed by atoms with Gasteiger partial charge in [-0.2, -0.15) is 0 Å². The summed E-state index contributed by atoms with van der Waals surface area (Å²) in [5.74, 6) is 0.443. The van der Waals surface area contributed by atoms with E-state index in [1.807, 2.05) is 32.0 Å². The van der Waals surface area contributed by atoms with Gasteiger partial charge in [-0.15, -0.1) is 0 Å². The fraction of sp³-hybridized carbons (Fsp3) is 0.519. The number of nitrogens with zero attached hydrogens (tertiary/aromatic N) is 3. The summed E-state index contributed by atoms with van der Waals surface area (Å²) in [6.07, 6.45) is 1.66. The Hall–Kier alpha value is -3.17. The van der Waals surface area contributed by atoms with Gasteiger partial charge in [-0.25, -0.2) is 4.79 Å². The van der Waals surface area contributed by atoms with Crippen molar-refractivity contribution in [3.63, 3.8) is 0 Å². The molecule has 3 rings (SSSR count). The fourth-order valence-corrected chi connectivity index (χ4v) is 4.27. The third-order valence-electron chi connectivity index (χ3n) is 6.34. The van der Waals surface area contributed by atoms with Crippen molar-refractivity contribution in [2.45, 2.75) is 52.4 Å². The molecule has 1 aromatic carbocycles. The summed E-state index contributed by atoms with van der Waals surface area (Å²) in [4.78, 5) is 34.1. The number of fused-ring (bicyclic) bond motifs is 1. The number of carbonyl (C=O) groups is 2. The van der Waals surface area contributed by atoms with Gasteiger partial charge in [0.2, 0.25) is 0 Å². The molecule has 36 heavy (non-hydrogen) atoms. The topological polar surface area (TPSA) is 96.0 Å². The Morgan fingerprint density at radius 3 is 2.67 bits per heavy atom. The Morgan fingerprint density at radius 1 is 1.22 bits per heavy atom. The van der Waals surface area contributed by atoms with E-state index in [2.05, 4.69) is 34.4 Å². The molecule has 3 amide bonds. The molecule has 1 aliphatic heterocycles. The number of rotatable bonds is 5. The molecule has 0 saturated carbocycles. The number of carbonyl (C=O) groups excluding carboxylic acids is 2. The standard InChI is InChI=1S/C27H39N5O4/c1-18(2)29-27(34)30-21-10-11-23-24(13-21)36-17-20(4)32(15-22-9-7-8-12-28-22)14-19(3)25(35-6)16-31(5)26(23)33/h7-13,18-20,25H,14-17H2,1-6H3,(H2,29,30,34)/t19-,20-,25+/m1/s1. The predicted octanol–water partition coefficient (Wildman–Crippen LogP) is 3.62. The van der Waals surface area contributed by atoms with Crippen molar-refractivity contribution in [2.24, 2.45) is 5.92 Å². The van der Waals surface area contributed by atoms with Gasteiger partial charge in [-0.05, 0) is 51.0 Å². The Kier molecular flexibility index (Phi) is 9.66. The van der Waals surface area contributed by atoms with Crippen LogP contribution in [-0.2, 0) is 11.3 Å². The van der Waals surface area contributed by atoms with Crippen LogP contribution in [-0.4, -0.2) is 78.8 Å². The van der Waals surface area contributed by atoms with E-state index < -0.39 is 0 Å². The summed E-state index contributed by atoms with van der Waals surface area (Å²) in [6.45, 7) is 10.3. The van der Waals surface area contributed by atoms with Crippen molar-refractivity contribution in [3.8, 4) is 5.75 Å². The van der Waals surface area contributed by atoms with Crippen molar-refractivity contribution in [3.05, 3.63) is 53.9 Å². The number of hydrogen-bond donors (Lipinski definition) is 2. The van der Waals surface area contributed by atoms with Gasteiger partial charge in [0.15, 0.2) is 0 Å². The Morgan fingerprint density at radius 2 is 2.00 bits per heavy atom. The molecule has 0 radical (unpaired) electrons. The molecule has 0 aliphatic carbocycles. The average Bonchev–Trinajstić information content (AvgIpc) is 2.84. The van der Waals surface area contributed by atoms with Crippen LogP contribution < -0.4 is 15.4 Å². The highest BCUT2D eigenvalue weighted by molar-refractivity contribution is 5.98. The normalized spacial score (nSPS) is 21.7. The third-order valence-corrected chi connectivity index (χ3v) is 6.34. The second-order valence-corrected chi connectivity index (χ2v) is 9.81. The number of methoxy groups -OCH3 is 1. The van der Waals surface area contributed by atoms with Crippen molar-refractivity contribution in [1.29, 1.82) is 0 Å². The van der Waals surface area contributed by atoms with Crippen molar-refractivity contribution >= 4 is 17.6 Å². The van der Waals surface area contributed by atoms with Gasteiger partial charge in [0.05, 0.1) is 17.4 Å². The zero-order valence-corrected chi connectivity index (χ0v) is 22.2. The first-order valence-electron chi connectivity index (χ1n) is 12.4. The molecule has 2 aromatic rings. The molecule has 9 heteroatoms. The first kappa shape index (κ1) is 27.4. The van der Waals surface area contributed by atoms with Gasteiger partial charge < -0.3 is 25.0 Å².